The molecule has 1 atom stereocenters. The second kappa shape index (κ2) is 10.2. The van der Waals surface area contributed by atoms with E-state index in [9.17, 15) is 23.1 Å². The van der Waals surface area contributed by atoms with Gasteiger partial charge in [0.15, 0.2) is 0 Å². The lowest BCUT2D eigenvalue weighted by Gasteiger charge is -2.37. The molecule has 2 fully saturated rings. The average molecular weight is 519 g/mol. The second-order valence-electron chi connectivity index (χ2n) is 10.5. The molecule has 2 N–H and O–H groups in total. The standard InChI is InChI=1S/C26H33BF3N3O4/c1-24(2)25(3,4)37-27(36-24)18-5-9-20(10-6-18)32-13-15-33(16-14-32)21-11-7-19(8-12-21)31-23(35)22(34)17-26(28,29)30/h5-12,22,34H,13-17H2,1-4H3,(H,31,35). The van der Waals surface area contributed by atoms with Crippen LogP contribution in [0.4, 0.5) is 30.2 Å². The third-order valence-electron chi connectivity index (χ3n) is 7.29. The van der Waals surface area contributed by atoms with E-state index in [1.165, 1.54) is 0 Å². The minimum atomic E-state index is -4.61. The van der Waals surface area contributed by atoms with Crippen molar-refractivity contribution in [2.45, 2.75) is 57.6 Å². The summed E-state index contributed by atoms with van der Waals surface area (Å²) in [5.74, 6) is -1.08. The number of rotatable bonds is 6. The Morgan fingerprint density at radius 3 is 1.78 bits per heavy atom. The SMILES string of the molecule is CC1(C)OB(c2ccc(N3CCN(c4ccc(NC(=O)C(O)CC(F)(F)F)cc4)CC3)cc2)OC1(C)C. The van der Waals surface area contributed by atoms with Crippen molar-refractivity contribution >= 4 is 35.6 Å². The lowest BCUT2D eigenvalue weighted by molar-refractivity contribution is -0.160. The first-order valence-electron chi connectivity index (χ1n) is 12.4. The predicted molar refractivity (Wildman–Crippen MR) is 138 cm³/mol. The molecule has 0 aromatic heterocycles. The number of amides is 1. The van der Waals surface area contributed by atoms with Gasteiger partial charge in [-0.3, -0.25) is 4.79 Å². The fourth-order valence-electron chi connectivity index (χ4n) is 4.34. The summed E-state index contributed by atoms with van der Waals surface area (Å²) in [4.78, 5) is 16.3. The molecule has 1 unspecified atom stereocenters. The zero-order valence-electron chi connectivity index (χ0n) is 21.5. The van der Waals surface area contributed by atoms with Crippen LogP contribution in [0, 0.1) is 0 Å². The minimum Gasteiger partial charge on any atom is -0.399 e. The maximum atomic E-state index is 12.4. The predicted octanol–water partition coefficient (Wildman–Crippen LogP) is 3.56. The van der Waals surface area contributed by atoms with Gasteiger partial charge in [-0.05, 0) is 69.6 Å². The van der Waals surface area contributed by atoms with E-state index in [-0.39, 0.29) is 11.2 Å². The molecule has 2 saturated heterocycles. The molecule has 2 aromatic rings. The molecule has 0 saturated carbocycles. The highest BCUT2D eigenvalue weighted by atomic mass is 19.4. The quantitative estimate of drug-likeness (QED) is 0.569. The lowest BCUT2D eigenvalue weighted by atomic mass is 9.79. The van der Waals surface area contributed by atoms with Crippen LogP contribution in [0.15, 0.2) is 48.5 Å². The first-order chi connectivity index (χ1) is 17.2. The van der Waals surface area contributed by atoms with Crippen molar-refractivity contribution in [2.75, 3.05) is 41.3 Å². The first kappa shape index (κ1) is 27.3. The molecule has 1 amide bonds. The summed E-state index contributed by atoms with van der Waals surface area (Å²) in [6.07, 6.45) is -8.33. The van der Waals surface area contributed by atoms with Crippen LogP contribution in [0.1, 0.15) is 34.1 Å². The van der Waals surface area contributed by atoms with E-state index >= 15 is 0 Å². The van der Waals surface area contributed by atoms with Gasteiger partial charge in [0.25, 0.3) is 5.91 Å². The van der Waals surface area contributed by atoms with Crippen LogP contribution in [0.3, 0.4) is 0 Å². The molecule has 7 nitrogen and oxygen atoms in total. The molecule has 200 valence electrons. The van der Waals surface area contributed by atoms with Gasteiger partial charge >= 0.3 is 13.3 Å². The molecule has 37 heavy (non-hydrogen) atoms. The zero-order chi connectivity index (χ0) is 27.0. The van der Waals surface area contributed by atoms with Crippen LogP contribution < -0.4 is 20.6 Å². The van der Waals surface area contributed by atoms with E-state index in [4.69, 9.17) is 9.31 Å². The van der Waals surface area contributed by atoms with Crippen LogP contribution in [0.5, 0.6) is 0 Å². The Bertz CT molecular complexity index is 1070. The molecular weight excluding hydrogens is 486 g/mol. The van der Waals surface area contributed by atoms with Crippen molar-refractivity contribution in [3.05, 3.63) is 48.5 Å². The summed E-state index contributed by atoms with van der Waals surface area (Å²) >= 11 is 0. The zero-order valence-corrected chi connectivity index (χ0v) is 21.5. The van der Waals surface area contributed by atoms with Crippen molar-refractivity contribution in [1.29, 1.82) is 0 Å². The van der Waals surface area contributed by atoms with Gasteiger partial charge in [0.2, 0.25) is 0 Å². The highest BCUT2D eigenvalue weighted by Crippen LogP contribution is 2.36. The average Bonchev–Trinajstić information content (AvgIpc) is 3.05. The van der Waals surface area contributed by atoms with E-state index in [1.807, 2.05) is 39.8 Å². The summed E-state index contributed by atoms with van der Waals surface area (Å²) in [5, 5.41) is 11.8. The molecule has 11 heteroatoms. The van der Waals surface area contributed by atoms with Crippen LogP contribution in [-0.2, 0) is 14.1 Å². The number of anilines is 3. The second-order valence-corrected chi connectivity index (χ2v) is 10.5. The van der Waals surface area contributed by atoms with Crippen molar-refractivity contribution in [1.82, 2.24) is 0 Å². The van der Waals surface area contributed by atoms with Crippen LogP contribution in [-0.4, -0.2) is 67.8 Å². The van der Waals surface area contributed by atoms with Gasteiger partial charge in [-0.1, -0.05) is 12.1 Å². The first-order valence-corrected chi connectivity index (χ1v) is 12.4. The number of hydrogen-bond acceptors (Lipinski definition) is 6. The van der Waals surface area contributed by atoms with E-state index in [2.05, 4.69) is 27.2 Å². The molecule has 2 aliphatic rings. The Labute approximate surface area is 215 Å². The van der Waals surface area contributed by atoms with E-state index in [0.29, 0.717) is 5.69 Å². The van der Waals surface area contributed by atoms with Crippen molar-refractivity contribution in [2.24, 2.45) is 0 Å². The summed E-state index contributed by atoms with van der Waals surface area (Å²) in [6.45, 7) is 11.3. The molecular formula is C26H33BF3N3O4. The highest BCUT2D eigenvalue weighted by molar-refractivity contribution is 6.62. The normalized spacial score (nSPS) is 20.2. The van der Waals surface area contributed by atoms with Gasteiger partial charge in [0, 0.05) is 43.2 Å². The summed E-state index contributed by atoms with van der Waals surface area (Å²) < 4.78 is 49.4. The van der Waals surface area contributed by atoms with Gasteiger partial charge in [-0.15, -0.1) is 0 Å². The number of carbonyl (C=O) groups is 1. The number of piperazine rings is 1. The molecule has 2 heterocycles. The Morgan fingerprint density at radius 1 is 0.919 bits per heavy atom. The van der Waals surface area contributed by atoms with Crippen molar-refractivity contribution in [3.63, 3.8) is 0 Å². The van der Waals surface area contributed by atoms with Gasteiger partial charge in [0.05, 0.1) is 17.6 Å². The molecule has 2 aliphatic heterocycles. The van der Waals surface area contributed by atoms with Crippen molar-refractivity contribution < 1.29 is 32.4 Å². The fraction of sp³-hybridized carbons (Fsp3) is 0.500. The number of hydrogen-bond donors (Lipinski definition) is 2. The fourth-order valence-corrected chi connectivity index (χ4v) is 4.34. The Balaban J connectivity index is 1.29. The van der Waals surface area contributed by atoms with Gasteiger partial charge in [-0.25, -0.2) is 0 Å². The van der Waals surface area contributed by atoms with E-state index in [1.54, 1.807) is 24.3 Å². The maximum absolute atomic E-state index is 12.4. The number of aliphatic hydroxyl groups is 1. The maximum Gasteiger partial charge on any atom is 0.494 e. The van der Waals surface area contributed by atoms with Gasteiger partial charge < -0.3 is 29.5 Å². The van der Waals surface area contributed by atoms with E-state index < -0.39 is 31.7 Å². The summed E-state index contributed by atoms with van der Waals surface area (Å²) in [7, 11) is -0.392. The summed E-state index contributed by atoms with van der Waals surface area (Å²) in [6, 6.07) is 15.1. The molecule has 2 aromatic carbocycles. The van der Waals surface area contributed by atoms with Crippen molar-refractivity contribution in [3.8, 4) is 0 Å². The number of aliphatic hydroxyl groups excluding tert-OH is 1. The number of nitrogens with zero attached hydrogens (tertiary/aromatic N) is 2. The topological polar surface area (TPSA) is 74.3 Å². The summed E-state index contributed by atoms with van der Waals surface area (Å²) in [5.41, 5.74) is 2.62. The van der Waals surface area contributed by atoms with E-state index in [0.717, 1.165) is 43.0 Å². The Morgan fingerprint density at radius 2 is 1.35 bits per heavy atom. The third-order valence-corrected chi connectivity index (χ3v) is 7.29. The number of alkyl halides is 3. The molecule has 0 spiro atoms. The highest BCUT2D eigenvalue weighted by Gasteiger charge is 2.51. The van der Waals surface area contributed by atoms with Gasteiger partial charge in [-0.2, -0.15) is 13.2 Å². The Hall–Kier alpha value is -2.76. The number of benzene rings is 2. The third kappa shape index (κ3) is 6.39. The smallest absolute Gasteiger partial charge is 0.399 e. The molecule has 4 rings (SSSR count). The largest absolute Gasteiger partial charge is 0.494 e. The molecule has 0 radical (unpaired) electrons. The number of nitrogens with one attached hydrogen (secondary N) is 1. The van der Waals surface area contributed by atoms with Crippen LogP contribution >= 0.6 is 0 Å². The van der Waals surface area contributed by atoms with Gasteiger partial charge in [0.1, 0.15) is 6.10 Å². The molecule has 0 aliphatic carbocycles. The number of carbonyl (C=O) groups excluding carboxylic acids is 1. The minimum absolute atomic E-state index is 0.329. The monoisotopic (exact) mass is 519 g/mol. The lowest BCUT2D eigenvalue weighted by Crippen LogP contribution is -2.46. The van der Waals surface area contributed by atoms with Crippen LogP contribution in [0.25, 0.3) is 0 Å². The Kier molecular flexibility index (Phi) is 7.51. The number of halogens is 3. The molecule has 0 bridgehead atoms. The van der Waals surface area contributed by atoms with Crippen LogP contribution in [0.2, 0.25) is 0 Å².